The minimum absolute atomic E-state index is 0.109. The third kappa shape index (κ3) is 2.71. The summed E-state index contributed by atoms with van der Waals surface area (Å²) in [4.78, 5) is 0. The maximum absolute atomic E-state index is 13.6. The molecule has 0 aliphatic heterocycles. The van der Waals surface area contributed by atoms with Gasteiger partial charge in [0.2, 0.25) is 0 Å². The van der Waals surface area contributed by atoms with Crippen LogP contribution in [-0.2, 0) is 0 Å². The molecule has 0 heterocycles. The number of allylic oxidation sites excluding steroid dienone is 2. The van der Waals surface area contributed by atoms with Crippen LogP contribution >= 0.6 is 0 Å². The fourth-order valence-electron chi connectivity index (χ4n) is 1.51. The number of benzene rings is 1. The maximum Gasteiger partial charge on any atom is 0.131 e. The molecular weight excluding hydrogens is 215 g/mol. The van der Waals surface area contributed by atoms with Crippen LogP contribution in [0.2, 0.25) is 0 Å². The summed E-state index contributed by atoms with van der Waals surface area (Å²) in [5, 5.41) is 18.3. The first-order valence-electron chi connectivity index (χ1n) is 5.21. The summed E-state index contributed by atoms with van der Waals surface area (Å²) in [5.41, 5.74) is 0.104. The normalized spacial score (nSPS) is 12.4. The molecule has 86 valence electrons. The van der Waals surface area contributed by atoms with Gasteiger partial charge in [0, 0.05) is 5.56 Å². The van der Waals surface area contributed by atoms with Crippen molar-refractivity contribution in [3.8, 4) is 12.1 Å². The third-order valence-corrected chi connectivity index (χ3v) is 2.37. The van der Waals surface area contributed by atoms with Gasteiger partial charge < -0.3 is 0 Å². The van der Waals surface area contributed by atoms with Crippen LogP contribution in [0.1, 0.15) is 26.3 Å². The fraction of sp³-hybridized carbons (Fsp3) is 0.286. The highest BCUT2D eigenvalue weighted by molar-refractivity contribution is 5.82. The van der Waals surface area contributed by atoms with Gasteiger partial charge in [-0.1, -0.05) is 39.0 Å². The van der Waals surface area contributed by atoms with E-state index in [1.165, 1.54) is 12.1 Å². The van der Waals surface area contributed by atoms with Gasteiger partial charge in [0.15, 0.2) is 0 Å². The zero-order valence-electron chi connectivity index (χ0n) is 10.1. The van der Waals surface area contributed by atoms with E-state index in [-0.39, 0.29) is 11.1 Å². The van der Waals surface area contributed by atoms with Gasteiger partial charge in [-0.25, -0.2) is 4.39 Å². The zero-order valence-corrected chi connectivity index (χ0v) is 10.1. The lowest BCUT2D eigenvalue weighted by atomic mass is 9.82. The molecule has 1 aromatic rings. The van der Waals surface area contributed by atoms with Crippen LogP contribution in [0.4, 0.5) is 4.39 Å². The average Bonchev–Trinajstić information content (AvgIpc) is 2.25. The van der Waals surface area contributed by atoms with Crippen molar-refractivity contribution >= 4 is 5.57 Å². The van der Waals surface area contributed by atoms with E-state index in [4.69, 9.17) is 10.5 Å². The smallest absolute Gasteiger partial charge is 0.131 e. The van der Waals surface area contributed by atoms with Crippen LogP contribution in [0.3, 0.4) is 0 Å². The molecule has 0 N–H and O–H groups in total. The fourth-order valence-corrected chi connectivity index (χ4v) is 1.51. The highest BCUT2D eigenvalue weighted by Gasteiger charge is 2.23. The highest BCUT2D eigenvalue weighted by Crippen LogP contribution is 2.32. The Bertz CT molecular complexity index is 537. The summed E-state index contributed by atoms with van der Waals surface area (Å²) < 4.78 is 13.6. The van der Waals surface area contributed by atoms with Crippen LogP contribution in [0, 0.1) is 33.9 Å². The first-order chi connectivity index (χ1) is 7.91. The van der Waals surface area contributed by atoms with E-state index in [0.717, 1.165) is 0 Å². The van der Waals surface area contributed by atoms with Gasteiger partial charge >= 0.3 is 0 Å². The Kier molecular flexibility index (Phi) is 3.66. The van der Waals surface area contributed by atoms with Crippen LogP contribution in [0.25, 0.3) is 5.57 Å². The van der Waals surface area contributed by atoms with E-state index in [1.807, 2.05) is 32.9 Å². The molecule has 0 saturated heterocycles. The van der Waals surface area contributed by atoms with Crippen LogP contribution in [-0.4, -0.2) is 0 Å². The molecule has 1 aromatic carbocycles. The predicted octanol–water partition coefficient (Wildman–Crippen LogP) is 3.67. The molecule has 17 heavy (non-hydrogen) atoms. The summed E-state index contributed by atoms with van der Waals surface area (Å²) in [6.45, 7) is 5.47. The maximum atomic E-state index is 13.6. The van der Waals surface area contributed by atoms with Crippen molar-refractivity contribution < 1.29 is 4.39 Å². The molecule has 0 spiro atoms. The van der Waals surface area contributed by atoms with E-state index in [1.54, 1.807) is 12.1 Å². The van der Waals surface area contributed by atoms with Gasteiger partial charge in [-0.3, -0.25) is 0 Å². The largest absolute Gasteiger partial charge is 0.206 e. The number of nitrogens with zero attached hydrogens (tertiary/aromatic N) is 2. The molecule has 1 rings (SSSR count). The van der Waals surface area contributed by atoms with Gasteiger partial charge in [-0.2, -0.15) is 10.5 Å². The minimum atomic E-state index is -0.485. The summed E-state index contributed by atoms with van der Waals surface area (Å²) >= 11 is 0. The van der Waals surface area contributed by atoms with Crippen molar-refractivity contribution in [2.45, 2.75) is 20.8 Å². The Morgan fingerprint density at radius 1 is 1.12 bits per heavy atom. The van der Waals surface area contributed by atoms with Gasteiger partial charge in [-0.15, -0.1) is 0 Å². The molecule has 0 radical (unpaired) electrons. The lowest BCUT2D eigenvalue weighted by Crippen LogP contribution is -2.10. The molecule has 0 unspecified atom stereocenters. The molecule has 3 heteroatoms. The number of halogens is 1. The first kappa shape index (κ1) is 12.9. The van der Waals surface area contributed by atoms with E-state index in [2.05, 4.69) is 0 Å². The van der Waals surface area contributed by atoms with Crippen LogP contribution < -0.4 is 0 Å². The monoisotopic (exact) mass is 228 g/mol. The average molecular weight is 228 g/mol. The standard InChI is InChI=1S/C14H13FN2/c1-14(2,3)12(9-17)11(8-16)10-6-4-5-7-13(10)15/h4-7H,1-3H3. The Morgan fingerprint density at radius 3 is 2.12 bits per heavy atom. The molecular formula is C14H13FN2. The van der Waals surface area contributed by atoms with Crippen molar-refractivity contribution in [2.75, 3.05) is 0 Å². The molecule has 0 amide bonds. The number of rotatable bonds is 1. The van der Waals surface area contributed by atoms with Crippen LogP contribution in [0.5, 0.6) is 0 Å². The number of nitriles is 2. The Balaban J connectivity index is 3.56. The Morgan fingerprint density at radius 2 is 1.71 bits per heavy atom. The second kappa shape index (κ2) is 4.80. The van der Waals surface area contributed by atoms with E-state index >= 15 is 0 Å². The summed E-state index contributed by atoms with van der Waals surface area (Å²) in [6.07, 6.45) is 0. The van der Waals surface area contributed by atoms with Gasteiger partial charge in [0.1, 0.15) is 11.9 Å². The predicted molar refractivity (Wildman–Crippen MR) is 64.0 cm³/mol. The van der Waals surface area contributed by atoms with Gasteiger partial charge in [0.05, 0.1) is 17.2 Å². The second-order valence-corrected chi connectivity index (χ2v) is 4.70. The van der Waals surface area contributed by atoms with Crippen molar-refractivity contribution in [2.24, 2.45) is 5.41 Å². The summed E-state index contributed by atoms with van der Waals surface area (Å²) in [7, 11) is 0. The van der Waals surface area contributed by atoms with E-state index in [0.29, 0.717) is 5.57 Å². The second-order valence-electron chi connectivity index (χ2n) is 4.70. The molecule has 0 aliphatic carbocycles. The van der Waals surface area contributed by atoms with Crippen molar-refractivity contribution in [3.05, 3.63) is 41.2 Å². The lowest BCUT2D eigenvalue weighted by molar-refractivity contribution is 0.521. The topological polar surface area (TPSA) is 47.6 Å². The lowest BCUT2D eigenvalue weighted by Gasteiger charge is -2.18. The Labute approximate surface area is 101 Å². The Hall–Kier alpha value is -2.13. The number of hydrogen-bond acceptors (Lipinski definition) is 2. The molecule has 0 aromatic heterocycles. The van der Waals surface area contributed by atoms with Gasteiger partial charge in [-0.05, 0) is 11.5 Å². The summed E-state index contributed by atoms with van der Waals surface area (Å²) in [6, 6.07) is 9.93. The van der Waals surface area contributed by atoms with E-state index in [9.17, 15) is 4.39 Å². The van der Waals surface area contributed by atoms with Crippen molar-refractivity contribution in [3.63, 3.8) is 0 Å². The molecule has 0 aliphatic rings. The van der Waals surface area contributed by atoms with Gasteiger partial charge in [0.25, 0.3) is 0 Å². The molecule has 0 saturated carbocycles. The third-order valence-electron chi connectivity index (χ3n) is 2.37. The zero-order chi connectivity index (χ0) is 13.1. The quantitative estimate of drug-likeness (QED) is 0.688. The SMILES string of the molecule is CC(C)(C)C(C#N)=C(C#N)c1ccccc1F. The number of hydrogen-bond donors (Lipinski definition) is 0. The molecule has 0 atom stereocenters. The van der Waals surface area contributed by atoms with Crippen molar-refractivity contribution in [1.82, 2.24) is 0 Å². The molecule has 2 nitrogen and oxygen atoms in total. The van der Waals surface area contributed by atoms with Crippen molar-refractivity contribution in [1.29, 1.82) is 10.5 Å². The van der Waals surface area contributed by atoms with Crippen LogP contribution in [0.15, 0.2) is 29.8 Å². The minimum Gasteiger partial charge on any atom is -0.206 e. The molecule has 0 bridgehead atoms. The summed E-state index contributed by atoms with van der Waals surface area (Å²) in [5.74, 6) is -0.485. The first-order valence-corrected chi connectivity index (χ1v) is 5.21. The molecule has 0 fully saturated rings. The van der Waals surface area contributed by atoms with E-state index < -0.39 is 11.2 Å². The highest BCUT2D eigenvalue weighted by atomic mass is 19.1.